The normalized spacial score (nSPS) is 12.7. The fraction of sp³-hybridized carbons (Fsp3) is 0.278. The predicted molar refractivity (Wildman–Crippen MR) is 94.2 cm³/mol. The predicted octanol–water partition coefficient (Wildman–Crippen LogP) is 2.78. The van der Waals surface area contributed by atoms with Crippen molar-refractivity contribution < 1.29 is 13.2 Å². The van der Waals surface area contributed by atoms with Gasteiger partial charge in [0.25, 0.3) is 5.91 Å². The summed E-state index contributed by atoms with van der Waals surface area (Å²) in [6, 6.07) is 11.6. The molecule has 2 aromatic carbocycles. The van der Waals surface area contributed by atoms with E-state index >= 15 is 0 Å². The largest absolute Gasteiger partial charge is 0.335 e. The van der Waals surface area contributed by atoms with Crippen molar-refractivity contribution in [1.82, 2.24) is 4.90 Å². The molecule has 0 saturated carbocycles. The van der Waals surface area contributed by atoms with Crippen molar-refractivity contribution in [3.63, 3.8) is 0 Å². The van der Waals surface area contributed by atoms with Crippen molar-refractivity contribution in [3.8, 4) is 0 Å². The molecule has 0 heterocycles. The Hall–Kier alpha value is -2.18. The Morgan fingerprint density at radius 3 is 2.33 bits per heavy atom. The van der Waals surface area contributed by atoms with Gasteiger partial charge in [0.05, 0.1) is 10.9 Å². The van der Waals surface area contributed by atoms with Crippen molar-refractivity contribution in [1.29, 1.82) is 0 Å². The minimum Gasteiger partial charge on any atom is -0.335 e. The van der Waals surface area contributed by atoms with E-state index in [1.165, 1.54) is 12.1 Å². The SMILES string of the molecule is Cc1ccc(C(=O)N(C)[C@H](C)c2cccc(S(N)(=O)=O)c2)cc1C. The Morgan fingerprint density at radius 1 is 1.08 bits per heavy atom. The molecule has 2 aromatic rings. The first-order chi connectivity index (χ1) is 11.1. The van der Waals surface area contributed by atoms with Crippen LogP contribution < -0.4 is 5.14 Å². The number of nitrogens with zero attached hydrogens (tertiary/aromatic N) is 1. The van der Waals surface area contributed by atoms with Crippen molar-refractivity contribution in [3.05, 3.63) is 64.7 Å². The van der Waals surface area contributed by atoms with Gasteiger partial charge < -0.3 is 4.90 Å². The van der Waals surface area contributed by atoms with E-state index in [4.69, 9.17) is 5.14 Å². The number of aryl methyl sites for hydroxylation is 2. The second-order valence-electron chi connectivity index (χ2n) is 6.01. The first-order valence-corrected chi connectivity index (χ1v) is 9.13. The molecule has 128 valence electrons. The lowest BCUT2D eigenvalue weighted by Crippen LogP contribution is -2.30. The Morgan fingerprint density at radius 2 is 1.75 bits per heavy atom. The molecule has 0 fully saturated rings. The molecule has 0 radical (unpaired) electrons. The van der Waals surface area contributed by atoms with Gasteiger partial charge in [-0.1, -0.05) is 18.2 Å². The van der Waals surface area contributed by atoms with Crippen LogP contribution in [0.3, 0.4) is 0 Å². The van der Waals surface area contributed by atoms with Gasteiger partial charge in [0.2, 0.25) is 10.0 Å². The molecule has 0 bridgehead atoms. The molecule has 2 rings (SSSR count). The summed E-state index contributed by atoms with van der Waals surface area (Å²) in [7, 11) is -2.07. The average molecular weight is 346 g/mol. The third-order valence-corrected chi connectivity index (χ3v) is 5.24. The van der Waals surface area contributed by atoms with Crippen LogP contribution in [0.15, 0.2) is 47.4 Å². The van der Waals surface area contributed by atoms with Crippen LogP contribution in [0.2, 0.25) is 0 Å². The second kappa shape index (κ2) is 6.75. The molecule has 1 atom stereocenters. The molecular formula is C18H22N2O3S. The monoisotopic (exact) mass is 346 g/mol. The third-order valence-electron chi connectivity index (χ3n) is 4.32. The Kier molecular flexibility index (Phi) is 5.11. The van der Waals surface area contributed by atoms with Crippen LogP contribution >= 0.6 is 0 Å². The van der Waals surface area contributed by atoms with Gasteiger partial charge in [-0.2, -0.15) is 0 Å². The summed E-state index contributed by atoms with van der Waals surface area (Å²) in [5.74, 6) is -0.119. The van der Waals surface area contributed by atoms with Crippen LogP contribution in [0.1, 0.15) is 40.0 Å². The maximum atomic E-state index is 12.7. The number of sulfonamides is 1. The van der Waals surface area contributed by atoms with Crippen molar-refractivity contribution in [2.24, 2.45) is 5.14 Å². The highest BCUT2D eigenvalue weighted by atomic mass is 32.2. The number of hydrogen-bond donors (Lipinski definition) is 1. The molecule has 0 aliphatic carbocycles. The minimum atomic E-state index is -3.77. The van der Waals surface area contributed by atoms with Crippen LogP contribution in [-0.2, 0) is 10.0 Å². The van der Waals surface area contributed by atoms with E-state index < -0.39 is 10.0 Å². The van der Waals surface area contributed by atoms with E-state index in [0.717, 1.165) is 11.1 Å². The topological polar surface area (TPSA) is 80.5 Å². The standard InChI is InChI=1S/C18H22N2O3S/c1-12-8-9-16(10-13(12)2)18(21)20(4)14(3)15-6-5-7-17(11-15)24(19,22)23/h5-11,14H,1-4H3,(H2,19,22,23)/t14-/m1/s1. The summed E-state index contributed by atoms with van der Waals surface area (Å²) in [4.78, 5) is 14.3. The van der Waals surface area contributed by atoms with Gasteiger partial charge in [-0.25, -0.2) is 13.6 Å². The number of primary sulfonamides is 1. The molecule has 2 N–H and O–H groups in total. The van der Waals surface area contributed by atoms with Gasteiger partial charge in [0.1, 0.15) is 0 Å². The minimum absolute atomic E-state index is 0.0406. The van der Waals surface area contributed by atoms with E-state index in [2.05, 4.69) is 0 Å². The molecule has 24 heavy (non-hydrogen) atoms. The second-order valence-corrected chi connectivity index (χ2v) is 7.57. The summed E-state index contributed by atoms with van der Waals surface area (Å²) in [5.41, 5.74) is 3.50. The number of benzene rings is 2. The van der Waals surface area contributed by atoms with E-state index in [-0.39, 0.29) is 16.8 Å². The molecule has 1 amide bonds. The zero-order chi connectivity index (χ0) is 18.1. The third kappa shape index (κ3) is 3.83. The first-order valence-electron chi connectivity index (χ1n) is 7.58. The Balaban J connectivity index is 2.30. The van der Waals surface area contributed by atoms with E-state index in [1.54, 1.807) is 30.1 Å². The molecule has 0 unspecified atom stereocenters. The molecule has 0 aliphatic rings. The van der Waals surface area contributed by atoms with Crippen LogP contribution in [0.5, 0.6) is 0 Å². The summed E-state index contributed by atoms with van der Waals surface area (Å²) in [6.45, 7) is 5.81. The fourth-order valence-electron chi connectivity index (χ4n) is 2.43. The molecule has 6 heteroatoms. The summed E-state index contributed by atoms with van der Waals surface area (Å²) in [5, 5.41) is 5.18. The van der Waals surface area contributed by atoms with Gasteiger partial charge in [-0.3, -0.25) is 4.79 Å². The summed E-state index contributed by atoms with van der Waals surface area (Å²) in [6.07, 6.45) is 0. The highest BCUT2D eigenvalue weighted by Crippen LogP contribution is 2.23. The molecule has 0 saturated heterocycles. The van der Waals surface area contributed by atoms with Gasteiger partial charge in [-0.15, -0.1) is 0 Å². The van der Waals surface area contributed by atoms with Crippen molar-refractivity contribution in [2.75, 3.05) is 7.05 Å². The fourth-order valence-corrected chi connectivity index (χ4v) is 3.00. The van der Waals surface area contributed by atoms with Crippen LogP contribution in [0, 0.1) is 13.8 Å². The molecule has 0 aliphatic heterocycles. The number of nitrogens with two attached hydrogens (primary N) is 1. The lowest BCUT2D eigenvalue weighted by Gasteiger charge is -2.26. The van der Waals surface area contributed by atoms with E-state index in [1.807, 2.05) is 32.9 Å². The number of rotatable bonds is 4. The number of carbonyl (C=O) groups is 1. The van der Waals surface area contributed by atoms with Gasteiger partial charge in [0, 0.05) is 12.6 Å². The maximum Gasteiger partial charge on any atom is 0.254 e. The van der Waals surface area contributed by atoms with Gasteiger partial charge in [-0.05, 0) is 61.7 Å². The Bertz CT molecular complexity index is 876. The van der Waals surface area contributed by atoms with Crippen LogP contribution in [0.25, 0.3) is 0 Å². The zero-order valence-corrected chi connectivity index (χ0v) is 15.1. The molecule has 0 spiro atoms. The van der Waals surface area contributed by atoms with Crippen molar-refractivity contribution in [2.45, 2.75) is 31.7 Å². The summed E-state index contributed by atoms with van der Waals surface area (Å²) < 4.78 is 23.0. The number of amides is 1. The zero-order valence-electron chi connectivity index (χ0n) is 14.3. The number of hydrogen-bond acceptors (Lipinski definition) is 3. The lowest BCUT2D eigenvalue weighted by atomic mass is 10.0. The number of carbonyl (C=O) groups excluding carboxylic acids is 1. The van der Waals surface area contributed by atoms with Crippen LogP contribution in [0.4, 0.5) is 0 Å². The summed E-state index contributed by atoms with van der Waals surface area (Å²) >= 11 is 0. The molecule has 5 nitrogen and oxygen atoms in total. The molecule has 0 aromatic heterocycles. The smallest absolute Gasteiger partial charge is 0.254 e. The highest BCUT2D eigenvalue weighted by molar-refractivity contribution is 7.89. The maximum absolute atomic E-state index is 12.7. The Labute approximate surface area is 143 Å². The van der Waals surface area contributed by atoms with E-state index in [0.29, 0.717) is 11.1 Å². The van der Waals surface area contributed by atoms with Crippen LogP contribution in [-0.4, -0.2) is 26.3 Å². The lowest BCUT2D eigenvalue weighted by molar-refractivity contribution is 0.0742. The van der Waals surface area contributed by atoms with Crippen molar-refractivity contribution >= 4 is 15.9 Å². The molecular weight excluding hydrogens is 324 g/mol. The van der Waals surface area contributed by atoms with E-state index in [9.17, 15) is 13.2 Å². The highest BCUT2D eigenvalue weighted by Gasteiger charge is 2.20. The first kappa shape index (κ1) is 18.2. The average Bonchev–Trinajstić information content (AvgIpc) is 2.54. The van der Waals surface area contributed by atoms with Gasteiger partial charge >= 0.3 is 0 Å². The quantitative estimate of drug-likeness (QED) is 0.924. The van der Waals surface area contributed by atoms with Gasteiger partial charge in [0.15, 0.2) is 0 Å².